The van der Waals surface area contributed by atoms with Gasteiger partial charge in [-0.2, -0.15) is 13.2 Å². The first-order valence-corrected chi connectivity index (χ1v) is 17.9. The Bertz CT molecular complexity index is 1890. The molecule has 1 N–H and O–H groups in total. The molecule has 2 aliphatic carbocycles. The number of fused-ring (bicyclic) bond motifs is 9. The number of aromatic nitrogens is 1. The zero-order valence-electron chi connectivity index (χ0n) is 26.2. The lowest BCUT2D eigenvalue weighted by atomic mass is 9.68. The van der Waals surface area contributed by atoms with Crippen molar-refractivity contribution in [2.45, 2.75) is 35.7 Å². The van der Waals surface area contributed by atoms with Crippen LogP contribution in [-0.4, -0.2) is 72.4 Å². The second kappa shape index (κ2) is 12.2. The van der Waals surface area contributed by atoms with Gasteiger partial charge < -0.3 is 24.1 Å². The van der Waals surface area contributed by atoms with Crippen LogP contribution in [0, 0.1) is 29.6 Å². The third-order valence-corrected chi connectivity index (χ3v) is 13.1. The Morgan fingerprint density at radius 1 is 1.00 bits per heavy atom. The Morgan fingerprint density at radius 2 is 1.73 bits per heavy atom. The van der Waals surface area contributed by atoms with Gasteiger partial charge in [-0.05, 0) is 60.9 Å². The summed E-state index contributed by atoms with van der Waals surface area (Å²) in [6.45, 7) is 3.92. The fourth-order valence-electron chi connectivity index (χ4n) is 8.68. The van der Waals surface area contributed by atoms with Crippen LogP contribution in [0.15, 0.2) is 52.3 Å². The number of nitrogens with one attached hydrogen (secondary N) is 1. The van der Waals surface area contributed by atoms with E-state index < -0.39 is 41.1 Å². The maximum atomic E-state index is 14.1. The molecule has 8 rings (SSSR count). The summed E-state index contributed by atoms with van der Waals surface area (Å²) in [4.78, 5) is 59.5. The largest absolute Gasteiger partial charge is 0.490 e. The SMILES string of the molecule is CCOc1cc([C@@H]2c3sc(=O)[nH]c3S[C@@H]3[C@@H]4C[C@@H]([C@@H]5C(=O)N(c6ccccc6C(F)(F)F)C(=O)[C@@H]45)[C@H]23)ccc1OCC(=O)N1CCOCC1. The van der Waals surface area contributed by atoms with Gasteiger partial charge >= 0.3 is 11.0 Å². The standard InChI is InChI=1S/C34H32F3N3O7S2/c1-2-46-22-13-16(7-8-21(22)47-15-23(41)39-9-11-45-12-10-39)24-25-17-14-18(28(25)48-30-29(24)49-33(44)38-30)27-26(17)31(42)40(32(27)43)20-6-4-3-5-19(20)34(35,36)37/h3-8,13,17-18,24-28H,2,9-12,14-15H2,1H3,(H,38,44)/t17-,18-,24+,25-,26+,27+,28-/m1/s1. The highest BCUT2D eigenvalue weighted by Gasteiger charge is 2.70. The Morgan fingerprint density at radius 3 is 2.47 bits per heavy atom. The molecular weight excluding hydrogens is 684 g/mol. The van der Waals surface area contributed by atoms with E-state index in [-0.39, 0.29) is 46.3 Å². The van der Waals surface area contributed by atoms with Crippen LogP contribution in [0.3, 0.4) is 0 Å². The quantitative estimate of drug-likeness (QED) is 0.348. The fraction of sp³-hybridized carbons (Fsp3) is 0.471. The molecule has 2 saturated heterocycles. The number of ether oxygens (including phenoxy) is 3. The number of alkyl halides is 3. The van der Waals surface area contributed by atoms with Crippen molar-refractivity contribution in [2.75, 3.05) is 44.4 Å². The van der Waals surface area contributed by atoms with Crippen LogP contribution in [0.25, 0.3) is 0 Å². The maximum Gasteiger partial charge on any atom is 0.418 e. The Balaban J connectivity index is 1.13. The molecule has 3 aliphatic heterocycles. The van der Waals surface area contributed by atoms with Crippen molar-refractivity contribution < 1.29 is 41.8 Å². The van der Waals surface area contributed by atoms with Gasteiger partial charge in [0.05, 0.1) is 47.9 Å². The third-order valence-electron chi connectivity index (χ3n) is 10.5. The maximum absolute atomic E-state index is 14.1. The number of benzene rings is 2. The minimum Gasteiger partial charge on any atom is -0.490 e. The van der Waals surface area contributed by atoms with Gasteiger partial charge in [-0.3, -0.25) is 19.2 Å². The van der Waals surface area contributed by atoms with E-state index in [1.54, 1.807) is 11.0 Å². The van der Waals surface area contributed by atoms with Crippen LogP contribution in [0.2, 0.25) is 0 Å². The number of rotatable bonds is 7. The van der Waals surface area contributed by atoms with Crippen molar-refractivity contribution >= 4 is 46.5 Å². The number of imide groups is 1. The van der Waals surface area contributed by atoms with Gasteiger partial charge in [0.1, 0.15) is 0 Å². The molecule has 15 heteroatoms. The number of morpholine rings is 1. The number of amides is 3. The van der Waals surface area contributed by atoms with Crippen molar-refractivity contribution in [3.05, 3.63) is 68.1 Å². The second-order valence-corrected chi connectivity index (χ2v) is 15.1. The molecule has 0 radical (unpaired) electrons. The molecule has 2 saturated carbocycles. The second-order valence-electron chi connectivity index (χ2n) is 12.9. The topological polar surface area (TPSA) is 118 Å². The number of carbonyl (C=O) groups is 3. The van der Waals surface area contributed by atoms with Gasteiger partial charge in [0.2, 0.25) is 11.8 Å². The van der Waals surface area contributed by atoms with Crippen molar-refractivity contribution in [3.8, 4) is 11.5 Å². The van der Waals surface area contributed by atoms with Crippen molar-refractivity contribution in [2.24, 2.45) is 29.6 Å². The normalized spacial score (nSPS) is 28.8. The number of H-pyrrole nitrogens is 1. The monoisotopic (exact) mass is 715 g/mol. The van der Waals surface area contributed by atoms with Gasteiger partial charge in [-0.15, -0.1) is 11.8 Å². The van der Waals surface area contributed by atoms with E-state index in [4.69, 9.17) is 14.2 Å². The van der Waals surface area contributed by atoms with Crippen LogP contribution in [0.4, 0.5) is 18.9 Å². The molecule has 0 unspecified atom stereocenters. The molecule has 3 aromatic rings. The number of hydrogen-bond acceptors (Lipinski definition) is 9. The van der Waals surface area contributed by atoms with Crippen molar-refractivity contribution in [1.82, 2.24) is 9.88 Å². The molecular formula is C34H32F3N3O7S2. The fourth-order valence-corrected chi connectivity index (χ4v) is 11.6. The van der Waals surface area contributed by atoms with E-state index in [0.717, 1.165) is 32.7 Å². The van der Waals surface area contributed by atoms with Gasteiger partial charge in [0.25, 0.3) is 5.91 Å². The van der Waals surface area contributed by atoms with Crippen molar-refractivity contribution in [1.29, 1.82) is 0 Å². The third kappa shape index (κ3) is 5.27. The van der Waals surface area contributed by atoms with Crippen molar-refractivity contribution in [3.63, 3.8) is 0 Å². The zero-order valence-corrected chi connectivity index (χ0v) is 27.9. The molecule has 5 aliphatic rings. The van der Waals surface area contributed by atoms with Gasteiger partial charge in [0.15, 0.2) is 18.1 Å². The summed E-state index contributed by atoms with van der Waals surface area (Å²) < 4.78 is 59.3. The highest BCUT2D eigenvalue weighted by molar-refractivity contribution is 8.00. The number of para-hydroxylation sites is 1. The Kier molecular flexibility index (Phi) is 8.06. The number of carbonyl (C=O) groups excluding carboxylic acids is 3. The average Bonchev–Trinajstić information content (AvgIpc) is 3.82. The van der Waals surface area contributed by atoms with Crippen LogP contribution in [-0.2, 0) is 25.3 Å². The van der Waals surface area contributed by atoms with E-state index in [1.807, 2.05) is 19.1 Å². The minimum atomic E-state index is -4.74. The molecule has 49 heavy (non-hydrogen) atoms. The highest BCUT2D eigenvalue weighted by Crippen LogP contribution is 2.69. The molecule has 1 aromatic heterocycles. The molecule has 4 heterocycles. The summed E-state index contributed by atoms with van der Waals surface area (Å²) >= 11 is 2.59. The number of aromatic amines is 1. The van der Waals surface area contributed by atoms with E-state index in [0.29, 0.717) is 55.9 Å². The molecule has 0 spiro atoms. The molecule has 7 atom stereocenters. The summed E-state index contributed by atoms with van der Waals surface area (Å²) in [7, 11) is 0. The number of anilines is 1. The summed E-state index contributed by atoms with van der Waals surface area (Å²) in [6, 6.07) is 10.2. The predicted octanol–water partition coefficient (Wildman–Crippen LogP) is 4.77. The lowest BCUT2D eigenvalue weighted by Gasteiger charge is -2.43. The van der Waals surface area contributed by atoms with Gasteiger partial charge in [0, 0.05) is 29.1 Å². The molecule has 4 fully saturated rings. The van der Waals surface area contributed by atoms with Gasteiger partial charge in [-0.1, -0.05) is 29.5 Å². The molecule has 2 bridgehead atoms. The number of thiazole rings is 1. The first kappa shape index (κ1) is 32.4. The van der Waals surface area contributed by atoms with E-state index >= 15 is 0 Å². The van der Waals surface area contributed by atoms with E-state index in [9.17, 15) is 32.3 Å². The van der Waals surface area contributed by atoms with Crippen LogP contribution in [0.1, 0.15) is 35.3 Å². The smallest absolute Gasteiger partial charge is 0.418 e. The lowest BCUT2D eigenvalue weighted by Crippen LogP contribution is -2.43. The van der Waals surface area contributed by atoms with Gasteiger partial charge in [-0.25, -0.2) is 4.90 Å². The number of thioether (sulfide) groups is 1. The number of nitrogens with zero attached hydrogens (tertiary/aromatic N) is 2. The predicted molar refractivity (Wildman–Crippen MR) is 173 cm³/mol. The number of halogens is 3. The molecule has 258 valence electrons. The first-order valence-electron chi connectivity index (χ1n) is 16.3. The minimum absolute atomic E-state index is 0.152. The Labute approximate surface area is 286 Å². The lowest BCUT2D eigenvalue weighted by molar-refractivity contribution is -0.138. The van der Waals surface area contributed by atoms with Crippen LogP contribution < -0.4 is 19.2 Å². The van der Waals surface area contributed by atoms with Crippen LogP contribution in [0.5, 0.6) is 11.5 Å². The summed E-state index contributed by atoms with van der Waals surface area (Å²) in [5.74, 6) is -3.11. The first-order chi connectivity index (χ1) is 23.6. The summed E-state index contributed by atoms with van der Waals surface area (Å²) in [5.41, 5.74) is -0.633. The zero-order chi connectivity index (χ0) is 34.2. The average molecular weight is 716 g/mol. The van der Waals surface area contributed by atoms with E-state index in [2.05, 4.69) is 4.98 Å². The number of hydrogen-bond donors (Lipinski definition) is 1. The van der Waals surface area contributed by atoms with Crippen LogP contribution >= 0.6 is 23.1 Å². The molecule has 3 amide bonds. The summed E-state index contributed by atoms with van der Waals surface area (Å²) in [6.07, 6.45) is -4.16. The Hall–Kier alpha value is -3.82. The highest BCUT2D eigenvalue weighted by atomic mass is 32.2. The molecule has 2 aromatic carbocycles. The summed E-state index contributed by atoms with van der Waals surface area (Å²) in [5, 5.41) is 0.553. The molecule has 10 nitrogen and oxygen atoms in total. The van der Waals surface area contributed by atoms with E-state index in [1.165, 1.54) is 30.0 Å².